The van der Waals surface area contributed by atoms with Crippen LogP contribution in [0.15, 0.2) is 4.79 Å². The molecular formula is C11H17N3O2. The van der Waals surface area contributed by atoms with E-state index >= 15 is 0 Å². The molecule has 16 heavy (non-hydrogen) atoms. The second-order valence-electron chi connectivity index (χ2n) is 3.94. The first kappa shape index (κ1) is 11.3. The third-order valence-electron chi connectivity index (χ3n) is 2.92. The Morgan fingerprint density at radius 2 is 2.38 bits per heavy atom. The zero-order valence-electron chi connectivity index (χ0n) is 9.67. The van der Waals surface area contributed by atoms with Crippen LogP contribution in [0.25, 0.3) is 0 Å². The van der Waals surface area contributed by atoms with Crippen molar-refractivity contribution in [2.75, 3.05) is 13.7 Å². The van der Waals surface area contributed by atoms with Crippen LogP contribution in [0.5, 0.6) is 0 Å². The Balaban J connectivity index is 2.42. The topological polar surface area (TPSA) is 67.0 Å². The molecule has 0 aliphatic carbocycles. The van der Waals surface area contributed by atoms with Crippen LogP contribution in [0.4, 0.5) is 0 Å². The standard InChI is InChI=1S/C11H17N3O2/c1-3-9(16-2)10-13-8-4-5-12-6-7(8)11(15)14-10/h9,12H,3-6H2,1-2H3,(H,13,14,15). The summed E-state index contributed by atoms with van der Waals surface area (Å²) in [5.41, 5.74) is 1.64. The summed E-state index contributed by atoms with van der Waals surface area (Å²) in [7, 11) is 1.63. The molecule has 5 nitrogen and oxygen atoms in total. The number of fused-ring (bicyclic) bond motifs is 1. The summed E-state index contributed by atoms with van der Waals surface area (Å²) < 4.78 is 5.28. The van der Waals surface area contributed by atoms with E-state index in [1.807, 2.05) is 6.92 Å². The van der Waals surface area contributed by atoms with Crippen molar-refractivity contribution in [1.29, 1.82) is 0 Å². The lowest BCUT2D eigenvalue weighted by atomic mass is 10.1. The van der Waals surface area contributed by atoms with Crippen molar-refractivity contribution in [1.82, 2.24) is 15.3 Å². The summed E-state index contributed by atoms with van der Waals surface area (Å²) >= 11 is 0. The highest BCUT2D eigenvalue weighted by atomic mass is 16.5. The van der Waals surface area contributed by atoms with Crippen molar-refractivity contribution >= 4 is 0 Å². The Hall–Kier alpha value is -1.20. The fourth-order valence-electron chi connectivity index (χ4n) is 2.00. The molecule has 2 heterocycles. The van der Waals surface area contributed by atoms with Crippen LogP contribution in [-0.4, -0.2) is 23.6 Å². The fourth-order valence-corrected chi connectivity index (χ4v) is 2.00. The van der Waals surface area contributed by atoms with Crippen LogP contribution in [0, 0.1) is 0 Å². The zero-order chi connectivity index (χ0) is 11.5. The normalized spacial score (nSPS) is 16.9. The first-order valence-corrected chi connectivity index (χ1v) is 5.61. The molecule has 5 heteroatoms. The van der Waals surface area contributed by atoms with Gasteiger partial charge in [-0.25, -0.2) is 4.98 Å². The number of H-pyrrole nitrogens is 1. The van der Waals surface area contributed by atoms with Gasteiger partial charge in [0, 0.05) is 26.6 Å². The van der Waals surface area contributed by atoms with Gasteiger partial charge < -0.3 is 15.0 Å². The van der Waals surface area contributed by atoms with Gasteiger partial charge in [0.1, 0.15) is 11.9 Å². The van der Waals surface area contributed by atoms with E-state index in [9.17, 15) is 4.79 Å². The molecule has 1 aliphatic rings. The quantitative estimate of drug-likeness (QED) is 0.783. The molecule has 0 radical (unpaired) electrons. The summed E-state index contributed by atoms with van der Waals surface area (Å²) in [6, 6.07) is 0. The van der Waals surface area contributed by atoms with Gasteiger partial charge in [-0.3, -0.25) is 4.79 Å². The molecule has 0 saturated carbocycles. The highest BCUT2D eigenvalue weighted by molar-refractivity contribution is 5.21. The van der Waals surface area contributed by atoms with E-state index in [1.54, 1.807) is 7.11 Å². The maximum atomic E-state index is 11.8. The number of hydrogen-bond donors (Lipinski definition) is 2. The number of methoxy groups -OCH3 is 1. The maximum Gasteiger partial charge on any atom is 0.255 e. The van der Waals surface area contributed by atoms with E-state index in [0.717, 1.165) is 30.6 Å². The minimum Gasteiger partial charge on any atom is -0.374 e. The van der Waals surface area contributed by atoms with Gasteiger partial charge >= 0.3 is 0 Å². The molecule has 0 fully saturated rings. The summed E-state index contributed by atoms with van der Waals surface area (Å²) in [5.74, 6) is 0.649. The smallest absolute Gasteiger partial charge is 0.255 e. The Labute approximate surface area is 94.2 Å². The average Bonchev–Trinajstić information content (AvgIpc) is 2.31. The van der Waals surface area contributed by atoms with Crippen molar-refractivity contribution in [2.24, 2.45) is 0 Å². The van der Waals surface area contributed by atoms with Crippen molar-refractivity contribution < 1.29 is 4.74 Å². The van der Waals surface area contributed by atoms with E-state index in [1.165, 1.54) is 0 Å². The summed E-state index contributed by atoms with van der Waals surface area (Å²) in [6.45, 7) is 3.50. The van der Waals surface area contributed by atoms with Crippen molar-refractivity contribution in [3.05, 3.63) is 27.4 Å². The van der Waals surface area contributed by atoms with E-state index in [-0.39, 0.29) is 11.7 Å². The third-order valence-corrected chi connectivity index (χ3v) is 2.92. The monoisotopic (exact) mass is 223 g/mol. The fraction of sp³-hybridized carbons (Fsp3) is 0.636. The van der Waals surface area contributed by atoms with Crippen molar-refractivity contribution in [3.8, 4) is 0 Å². The minimum absolute atomic E-state index is 0.0392. The van der Waals surface area contributed by atoms with Crippen LogP contribution >= 0.6 is 0 Å². The Morgan fingerprint density at radius 1 is 1.56 bits per heavy atom. The molecule has 2 N–H and O–H groups in total. The summed E-state index contributed by atoms with van der Waals surface area (Å²) in [5, 5.41) is 3.17. The van der Waals surface area contributed by atoms with Crippen LogP contribution in [-0.2, 0) is 17.7 Å². The van der Waals surface area contributed by atoms with E-state index in [4.69, 9.17) is 4.74 Å². The molecule has 1 aromatic heterocycles. The molecule has 0 saturated heterocycles. The minimum atomic E-state index is -0.118. The average molecular weight is 223 g/mol. The van der Waals surface area contributed by atoms with Gasteiger partial charge in [0.25, 0.3) is 5.56 Å². The van der Waals surface area contributed by atoms with Gasteiger partial charge in [-0.05, 0) is 6.42 Å². The predicted molar refractivity (Wildman–Crippen MR) is 60.3 cm³/mol. The summed E-state index contributed by atoms with van der Waals surface area (Å²) in [4.78, 5) is 19.1. The number of hydrogen-bond acceptors (Lipinski definition) is 4. The number of aromatic nitrogens is 2. The van der Waals surface area contributed by atoms with Gasteiger partial charge in [-0.2, -0.15) is 0 Å². The Kier molecular flexibility index (Phi) is 3.36. The molecule has 0 aromatic carbocycles. The molecular weight excluding hydrogens is 206 g/mol. The Morgan fingerprint density at radius 3 is 3.06 bits per heavy atom. The van der Waals surface area contributed by atoms with Crippen molar-refractivity contribution in [3.63, 3.8) is 0 Å². The van der Waals surface area contributed by atoms with Crippen LogP contribution in [0.2, 0.25) is 0 Å². The second kappa shape index (κ2) is 4.76. The first-order valence-electron chi connectivity index (χ1n) is 5.61. The van der Waals surface area contributed by atoms with Gasteiger partial charge in [-0.15, -0.1) is 0 Å². The molecule has 1 unspecified atom stereocenters. The molecule has 1 aliphatic heterocycles. The van der Waals surface area contributed by atoms with Gasteiger partial charge in [0.15, 0.2) is 0 Å². The molecule has 1 atom stereocenters. The first-order chi connectivity index (χ1) is 7.76. The van der Waals surface area contributed by atoms with E-state index in [0.29, 0.717) is 12.4 Å². The van der Waals surface area contributed by atoms with E-state index < -0.39 is 0 Å². The zero-order valence-corrected chi connectivity index (χ0v) is 9.67. The number of ether oxygens (including phenoxy) is 1. The largest absolute Gasteiger partial charge is 0.374 e. The highest BCUT2D eigenvalue weighted by Crippen LogP contribution is 2.16. The Bertz CT molecular complexity index is 424. The van der Waals surface area contributed by atoms with Crippen LogP contribution < -0.4 is 10.9 Å². The lowest BCUT2D eigenvalue weighted by Gasteiger charge is -2.18. The SMILES string of the molecule is CCC(OC)c1nc2c(c(=O)[nH]1)CNCC2. The third kappa shape index (κ3) is 2.01. The maximum absolute atomic E-state index is 11.8. The lowest BCUT2D eigenvalue weighted by Crippen LogP contribution is -2.32. The highest BCUT2D eigenvalue weighted by Gasteiger charge is 2.18. The molecule has 88 valence electrons. The molecule has 0 amide bonds. The number of aromatic amines is 1. The summed E-state index contributed by atoms with van der Waals surface area (Å²) in [6.07, 6.45) is 1.50. The number of nitrogens with one attached hydrogen (secondary N) is 2. The number of nitrogens with zero attached hydrogens (tertiary/aromatic N) is 1. The lowest BCUT2D eigenvalue weighted by molar-refractivity contribution is 0.0920. The molecule has 0 spiro atoms. The van der Waals surface area contributed by atoms with Crippen molar-refractivity contribution in [2.45, 2.75) is 32.4 Å². The van der Waals surface area contributed by atoms with Gasteiger partial charge in [0.2, 0.25) is 0 Å². The molecule has 1 aromatic rings. The van der Waals surface area contributed by atoms with Crippen LogP contribution in [0.1, 0.15) is 36.5 Å². The van der Waals surface area contributed by atoms with Gasteiger partial charge in [-0.1, -0.05) is 6.92 Å². The van der Waals surface area contributed by atoms with Gasteiger partial charge in [0.05, 0.1) is 11.3 Å². The molecule has 0 bridgehead atoms. The van der Waals surface area contributed by atoms with Crippen LogP contribution in [0.3, 0.4) is 0 Å². The predicted octanol–water partition coefficient (Wildman–Crippen LogP) is 0.513. The second-order valence-corrected chi connectivity index (χ2v) is 3.94. The van der Waals surface area contributed by atoms with E-state index in [2.05, 4.69) is 15.3 Å². The molecule has 2 rings (SSSR count). The number of rotatable bonds is 3.